The number of hydrogen-bond donors (Lipinski definition) is 1. The van der Waals surface area contributed by atoms with Gasteiger partial charge < -0.3 is 14.8 Å². The molecule has 0 saturated carbocycles. The zero-order chi connectivity index (χ0) is 19.9. The van der Waals surface area contributed by atoms with Crippen LogP contribution < -0.4 is 14.8 Å². The number of nitrogens with zero attached hydrogens (tertiary/aromatic N) is 1. The van der Waals surface area contributed by atoms with Crippen LogP contribution in [-0.2, 0) is 4.79 Å². The first-order chi connectivity index (χ1) is 13.6. The molecule has 0 aromatic heterocycles. The molecular weight excluding hydrogens is 376 g/mol. The van der Waals surface area contributed by atoms with E-state index in [1.165, 1.54) is 12.8 Å². The molecule has 1 amide bonds. The lowest BCUT2D eigenvalue weighted by molar-refractivity contribution is -0.123. The molecule has 2 aromatic carbocycles. The number of amides is 1. The molecular formula is C22H27ClN2O3. The Hall–Kier alpha value is -2.24. The van der Waals surface area contributed by atoms with Gasteiger partial charge in [-0.1, -0.05) is 35.9 Å². The van der Waals surface area contributed by atoms with E-state index in [1.54, 1.807) is 13.2 Å². The standard InChI is InChI=1S/C22H27ClN2O3/c1-16-9-10-18(23)21(13-16)28-15-22(26)24-14-19(25-11-5-6-12-25)17-7-3-4-8-20(17)27-2/h3-4,7-10,13,19H,5-6,11-12,14-15H2,1-2H3,(H,24,26)/t19-/m1/s1. The molecule has 6 heteroatoms. The van der Waals surface area contributed by atoms with Gasteiger partial charge in [0.25, 0.3) is 5.91 Å². The molecule has 1 atom stereocenters. The van der Waals surface area contributed by atoms with E-state index in [9.17, 15) is 4.79 Å². The first-order valence-electron chi connectivity index (χ1n) is 9.61. The SMILES string of the molecule is COc1ccccc1[C@@H](CNC(=O)COc1cc(C)ccc1Cl)N1CCCC1. The smallest absolute Gasteiger partial charge is 0.258 e. The van der Waals surface area contributed by atoms with Crippen molar-refractivity contribution in [1.82, 2.24) is 10.2 Å². The monoisotopic (exact) mass is 402 g/mol. The fourth-order valence-corrected chi connectivity index (χ4v) is 3.73. The van der Waals surface area contributed by atoms with Gasteiger partial charge in [-0.25, -0.2) is 0 Å². The number of nitrogens with one attached hydrogen (secondary N) is 1. The molecule has 2 aromatic rings. The summed E-state index contributed by atoms with van der Waals surface area (Å²) < 4.78 is 11.1. The van der Waals surface area contributed by atoms with Crippen LogP contribution >= 0.6 is 11.6 Å². The average molecular weight is 403 g/mol. The number of rotatable bonds is 8. The number of benzene rings is 2. The predicted octanol–water partition coefficient (Wildman–Crippen LogP) is 3.99. The van der Waals surface area contributed by atoms with E-state index in [-0.39, 0.29) is 18.6 Å². The molecule has 1 aliphatic heterocycles. The van der Waals surface area contributed by atoms with Crippen molar-refractivity contribution in [1.29, 1.82) is 0 Å². The highest BCUT2D eigenvalue weighted by atomic mass is 35.5. The van der Waals surface area contributed by atoms with Gasteiger partial charge in [0.1, 0.15) is 11.5 Å². The van der Waals surface area contributed by atoms with Crippen molar-refractivity contribution in [3.63, 3.8) is 0 Å². The highest BCUT2D eigenvalue weighted by Crippen LogP contribution is 2.31. The van der Waals surface area contributed by atoms with Crippen LogP contribution in [0.2, 0.25) is 5.02 Å². The van der Waals surface area contributed by atoms with Gasteiger partial charge in [0, 0.05) is 12.1 Å². The number of methoxy groups -OCH3 is 1. The third kappa shape index (κ3) is 5.18. The fourth-order valence-electron chi connectivity index (χ4n) is 3.56. The maximum Gasteiger partial charge on any atom is 0.258 e. The normalized spacial score (nSPS) is 15.2. The molecule has 1 saturated heterocycles. The van der Waals surface area contributed by atoms with Gasteiger partial charge in [0.2, 0.25) is 0 Å². The van der Waals surface area contributed by atoms with E-state index in [0.29, 0.717) is 17.3 Å². The molecule has 1 N–H and O–H groups in total. The summed E-state index contributed by atoms with van der Waals surface area (Å²) in [5, 5.41) is 3.51. The largest absolute Gasteiger partial charge is 0.496 e. The van der Waals surface area contributed by atoms with Crippen LogP contribution in [0.25, 0.3) is 0 Å². The van der Waals surface area contributed by atoms with Crippen LogP contribution in [-0.4, -0.2) is 44.2 Å². The zero-order valence-electron chi connectivity index (χ0n) is 16.4. The molecule has 0 unspecified atom stereocenters. The maximum absolute atomic E-state index is 12.4. The molecule has 28 heavy (non-hydrogen) atoms. The van der Waals surface area contributed by atoms with Crippen LogP contribution in [0.1, 0.15) is 30.0 Å². The first kappa shape index (κ1) is 20.5. The number of ether oxygens (including phenoxy) is 2. The minimum absolute atomic E-state index is 0.0676. The van der Waals surface area contributed by atoms with E-state index in [2.05, 4.69) is 16.3 Å². The Morgan fingerprint density at radius 2 is 1.93 bits per heavy atom. The zero-order valence-corrected chi connectivity index (χ0v) is 17.2. The Bertz CT molecular complexity index is 806. The maximum atomic E-state index is 12.4. The lowest BCUT2D eigenvalue weighted by atomic mass is 10.0. The van der Waals surface area contributed by atoms with Crippen molar-refractivity contribution in [2.24, 2.45) is 0 Å². The third-order valence-electron chi connectivity index (χ3n) is 5.02. The van der Waals surface area contributed by atoms with Gasteiger partial charge in [-0.15, -0.1) is 0 Å². The number of carbonyl (C=O) groups excluding carboxylic acids is 1. The van der Waals surface area contributed by atoms with Gasteiger partial charge >= 0.3 is 0 Å². The molecule has 0 spiro atoms. The summed E-state index contributed by atoms with van der Waals surface area (Å²) in [4.78, 5) is 14.8. The number of para-hydroxylation sites is 1. The lowest BCUT2D eigenvalue weighted by Crippen LogP contribution is -2.38. The van der Waals surface area contributed by atoms with E-state index in [0.717, 1.165) is 30.0 Å². The second kappa shape index (κ2) is 9.80. The number of carbonyl (C=O) groups is 1. The van der Waals surface area contributed by atoms with E-state index in [1.807, 2.05) is 37.3 Å². The summed E-state index contributed by atoms with van der Waals surface area (Å²) in [7, 11) is 1.68. The van der Waals surface area contributed by atoms with E-state index >= 15 is 0 Å². The average Bonchev–Trinajstić information content (AvgIpc) is 3.23. The third-order valence-corrected chi connectivity index (χ3v) is 5.33. The van der Waals surface area contributed by atoms with Gasteiger partial charge in [-0.3, -0.25) is 9.69 Å². The van der Waals surface area contributed by atoms with Crippen molar-refractivity contribution < 1.29 is 14.3 Å². The minimum Gasteiger partial charge on any atom is -0.496 e. The van der Waals surface area contributed by atoms with Crippen molar-refractivity contribution >= 4 is 17.5 Å². The number of aryl methyl sites for hydroxylation is 1. The Kier molecular flexibility index (Phi) is 7.18. The second-order valence-electron chi connectivity index (χ2n) is 7.03. The molecule has 1 fully saturated rings. The van der Waals surface area contributed by atoms with Gasteiger partial charge in [0.15, 0.2) is 6.61 Å². The van der Waals surface area contributed by atoms with E-state index in [4.69, 9.17) is 21.1 Å². The van der Waals surface area contributed by atoms with Gasteiger partial charge in [-0.2, -0.15) is 0 Å². The predicted molar refractivity (Wildman–Crippen MR) is 111 cm³/mol. The number of halogens is 1. The summed E-state index contributed by atoms with van der Waals surface area (Å²) in [6.45, 7) is 4.44. The summed E-state index contributed by atoms with van der Waals surface area (Å²) >= 11 is 6.13. The Balaban J connectivity index is 1.63. The molecule has 3 rings (SSSR count). The number of hydrogen-bond acceptors (Lipinski definition) is 4. The second-order valence-corrected chi connectivity index (χ2v) is 7.43. The Labute approximate surface area is 171 Å². The van der Waals surface area contributed by atoms with Gasteiger partial charge in [0.05, 0.1) is 18.2 Å². The fraction of sp³-hybridized carbons (Fsp3) is 0.409. The topological polar surface area (TPSA) is 50.8 Å². The molecule has 1 heterocycles. The summed E-state index contributed by atoms with van der Waals surface area (Å²) in [5.41, 5.74) is 2.12. The first-order valence-corrected chi connectivity index (χ1v) is 9.99. The van der Waals surface area contributed by atoms with Crippen LogP contribution in [0, 0.1) is 6.92 Å². The van der Waals surface area contributed by atoms with Crippen molar-refractivity contribution in [2.75, 3.05) is 33.4 Å². The number of likely N-dealkylation sites (tertiary alicyclic amines) is 1. The summed E-state index contributed by atoms with van der Waals surface area (Å²) in [6.07, 6.45) is 2.35. The Morgan fingerprint density at radius 1 is 1.18 bits per heavy atom. The van der Waals surface area contributed by atoms with E-state index < -0.39 is 0 Å². The van der Waals surface area contributed by atoms with Crippen LogP contribution in [0.5, 0.6) is 11.5 Å². The van der Waals surface area contributed by atoms with Crippen LogP contribution in [0.4, 0.5) is 0 Å². The highest BCUT2D eigenvalue weighted by molar-refractivity contribution is 6.32. The molecule has 0 radical (unpaired) electrons. The molecule has 0 aliphatic carbocycles. The quantitative estimate of drug-likeness (QED) is 0.725. The summed E-state index contributed by atoms with van der Waals surface area (Å²) in [5.74, 6) is 1.20. The van der Waals surface area contributed by atoms with Crippen molar-refractivity contribution in [3.8, 4) is 11.5 Å². The van der Waals surface area contributed by atoms with Crippen molar-refractivity contribution in [3.05, 3.63) is 58.6 Å². The minimum atomic E-state index is -0.170. The van der Waals surface area contributed by atoms with Gasteiger partial charge in [-0.05, 0) is 56.6 Å². The lowest BCUT2D eigenvalue weighted by Gasteiger charge is -2.29. The highest BCUT2D eigenvalue weighted by Gasteiger charge is 2.26. The van der Waals surface area contributed by atoms with Crippen molar-refractivity contribution in [2.45, 2.75) is 25.8 Å². The molecule has 1 aliphatic rings. The Morgan fingerprint density at radius 3 is 2.68 bits per heavy atom. The molecule has 0 bridgehead atoms. The van der Waals surface area contributed by atoms with Crippen LogP contribution in [0.3, 0.4) is 0 Å². The molecule has 5 nitrogen and oxygen atoms in total. The summed E-state index contributed by atoms with van der Waals surface area (Å²) in [6, 6.07) is 13.6. The molecule has 150 valence electrons. The van der Waals surface area contributed by atoms with Crippen LogP contribution in [0.15, 0.2) is 42.5 Å².